The lowest BCUT2D eigenvalue weighted by atomic mass is 10.2. The topological polar surface area (TPSA) is 75.7 Å². The molecule has 0 saturated carbocycles. The second kappa shape index (κ2) is 6.95. The summed E-state index contributed by atoms with van der Waals surface area (Å²) >= 11 is 0. The Kier molecular flexibility index (Phi) is 4.86. The quantitative estimate of drug-likeness (QED) is 0.891. The number of nitrogens with zero attached hydrogens (tertiary/aromatic N) is 1. The van der Waals surface area contributed by atoms with Gasteiger partial charge < -0.3 is 10.1 Å². The fourth-order valence-electron chi connectivity index (χ4n) is 2.77. The van der Waals surface area contributed by atoms with Crippen molar-refractivity contribution in [3.05, 3.63) is 53.8 Å². The zero-order valence-corrected chi connectivity index (χ0v) is 15.2. The number of nitrogens with one attached hydrogen (secondary N) is 1. The Morgan fingerprint density at radius 1 is 1.23 bits per heavy atom. The molecule has 6 nitrogen and oxygen atoms in total. The van der Waals surface area contributed by atoms with Crippen LogP contribution in [0.4, 0.5) is 15.8 Å². The molecule has 3 rings (SSSR count). The highest BCUT2D eigenvalue weighted by atomic mass is 32.2. The van der Waals surface area contributed by atoms with Gasteiger partial charge >= 0.3 is 0 Å². The number of aryl methyl sites for hydroxylation is 1. The Balaban J connectivity index is 1.86. The van der Waals surface area contributed by atoms with Gasteiger partial charge in [0.15, 0.2) is 6.10 Å². The van der Waals surface area contributed by atoms with Crippen molar-refractivity contribution in [1.82, 2.24) is 0 Å². The van der Waals surface area contributed by atoms with Gasteiger partial charge in [-0.1, -0.05) is 6.07 Å². The van der Waals surface area contributed by atoms with E-state index in [0.29, 0.717) is 17.1 Å². The minimum Gasteiger partial charge on any atom is -0.478 e. The minimum atomic E-state index is -3.51. The van der Waals surface area contributed by atoms with Crippen LogP contribution in [0.3, 0.4) is 0 Å². The number of rotatable bonds is 3. The number of carbonyl (C=O) groups excluding carboxylic acids is 1. The molecule has 8 heteroatoms. The van der Waals surface area contributed by atoms with E-state index in [-0.39, 0.29) is 13.0 Å². The Bertz CT molecular complexity index is 929. The molecule has 2 aromatic carbocycles. The molecule has 1 amide bonds. The normalized spacial score (nSPS) is 17.0. The maximum absolute atomic E-state index is 13.0. The van der Waals surface area contributed by atoms with Gasteiger partial charge in [0.05, 0.1) is 11.9 Å². The predicted octanol–water partition coefficient (Wildman–Crippen LogP) is 2.69. The lowest BCUT2D eigenvalue weighted by Gasteiger charge is -2.21. The number of hydrogen-bond acceptors (Lipinski definition) is 4. The summed E-state index contributed by atoms with van der Waals surface area (Å²) in [6, 6.07) is 10.6. The highest BCUT2D eigenvalue weighted by Crippen LogP contribution is 2.35. The van der Waals surface area contributed by atoms with E-state index in [9.17, 15) is 17.6 Å². The third-order valence-corrected chi connectivity index (χ3v) is 5.23. The molecule has 26 heavy (non-hydrogen) atoms. The Morgan fingerprint density at radius 3 is 2.58 bits per heavy atom. The van der Waals surface area contributed by atoms with Crippen molar-refractivity contribution < 1.29 is 22.3 Å². The number of halogens is 1. The average Bonchev–Trinajstić information content (AvgIpc) is 2.76. The molecule has 0 aromatic heterocycles. The van der Waals surface area contributed by atoms with Crippen LogP contribution in [0.1, 0.15) is 12.0 Å². The molecule has 0 aliphatic carbocycles. The van der Waals surface area contributed by atoms with Crippen LogP contribution in [-0.4, -0.2) is 33.2 Å². The first kappa shape index (κ1) is 18.2. The van der Waals surface area contributed by atoms with E-state index in [1.165, 1.54) is 28.6 Å². The lowest BCUT2D eigenvalue weighted by molar-refractivity contribution is -0.122. The van der Waals surface area contributed by atoms with Crippen molar-refractivity contribution in [2.45, 2.75) is 19.4 Å². The van der Waals surface area contributed by atoms with Crippen LogP contribution < -0.4 is 14.4 Å². The van der Waals surface area contributed by atoms with Crippen LogP contribution in [0.5, 0.6) is 5.75 Å². The van der Waals surface area contributed by atoms with Crippen molar-refractivity contribution in [3.8, 4) is 5.75 Å². The maximum atomic E-state index is 13.0. The average molecular weight is 378 g/mol. The standard InChI is InChI=1S/C18H19FN2O4S/c1-12-3-8-16-15(11-12)21(26(2,23)24)10-9-17(25-16)18(22)20-14-6-4-13(19)5-7-14/h3-8,11,17H,9-10H2,1-2H3,(H,20,22)/t17-/m1/s1. The molecule has 1 heterocycles. The summed E-state index contributed by atoms with van der Waals surface area (Å²) in [6.07, 6.45) is 0.444. The molecule has 1 atom stereocenters. The summed E-state index contributed by atoms with van der Waals surface area (Å²) < 4.78 is 44.3. The van der Waals surface area contributed by atoms with E-state index in [4.69, 9.17) is 4.74 Å². The molecular weight excluding hydrogens is 359 g/mol. The summed E-state index contributed by atoms with van der Waals surface area (Å²) in [6.45, 7) is 1.97. The highest BCUT2D eigenvalue weighted by Gasteiger charge is 2.31. The van der Waals surface area contributed by atoms with Crippen LogP contribution in [0, 0.1) is 12.7 Å². The minimum absolute atomic E-state index is 0.122. The third kappa shape index (κ3) is 3.96. The van der Waals surface area contributed by atoms with E-state index in [1.807, 2.05) is 6.92 Å². The van der Waals surface area contributed by atoms with Crippen molar-refractivity contribution in [2.24, 2.45) is 0 Å². The fourth-order valence-corrected chi connectivity index (χ4v) is 3.71. The maximum Gasteiger partial charge on any atom is 0.265 e. The molecule has 2 aromatic rings. The smallest absolute Gasteiger partial charge is 0.265 e. The Hall–Kier alpha value is -2.61. The van der Waals surface area contributed by atoms with Crippen LogP contribution >= 0.6 is 0 Å². The van der Waals surface area contributed by atoms with E-state index in [0.717, 1.165) is 11.8 Å². The second-order valence-corrected chi connectivity index (χ2v) is 8.10. The lowest BCUT2D eigenvalue weighted by Crippen LogP contribution is -2.35. The summed E-state index contributed by atoms with van der Waals surface area (Å²) in [7, 11) is -3.51. The number of hydrogen-bond donors (Lipinski definition) is 1. The van der Waals surface area contributed by atoms with E-state index >= 15 is 0 Å². The van der Waals surface area contributed by atoms with Crippen molar-refractivity contribution in [3.63, 3.8) is 0 Å². The molecule has 1 aliphatic heterocycles. The van der Waals surface area contributed by atoms with Crippen molar-refractivity contribution in [1.29, 1.82) is 0 Å². The van der Waals surface area contributed by atoms with Gasteiger partial charge in [-0.25, -0.2) is 12.8 Å². The number of sulfonamides is 1. The van der Waals surface area contributed by atoms with Crippen molar-refractivity contribution >= 4 is 27.3 Å². The van der Waals surface area contributed by atoms with Gasteiger partial charge in [-0.2, -0.15) is 0 Å². The summed E-state index contributed by atoms with van der Waals surface area (Å²) in [5.74, 6) is -0.488. The van der Waals surface area contributed by atoms with Crippen LogP contribution in [0.2, 0.25) is 0 Å². The first-order chi connectivity index (χ1) is 12.2. The van der Waals surface area contributed by atoms with Crippen molar-refractivity contribution in [2.75, 3.05) is 22.4 Å². The van der Waals surface area contributed by atoms with Gasteiger partial charge in [-0.3, -0.25) is 9.10 Å². The molecule has 0 spiro atoms. The second-order valence-electron chi connectivity index (χ2n) is 6.20. The zero-order valence-electron chi connectivity index (χ0n) is 14.4. The first-order valence-corrected chi connectivity index (χ1v) is 9.90. The molecule has 1 aliphatic rings. The molecular formula is C18H19FN2O4S. The number of ether oxygens (including phenoxy) is 1. The molecule has 0 saturated heterocycles. The Morgan fingerprint density at radius 2 is 1.92 bits per heavy atom. The third-order valence-electron chi connectivity index (χ3n) is 4.05. The van der Waals surface area contributed by atoms with Crippen LogP contribution in [-0.2, 0) is 14.8 Å². The van der Waals surface area contributed by atoms with E-state index < -0.39 is 27.9 Å². The number of carbonyl (C=O) groups is 1. The molecule has 0 fully saturated rings. The highest BCUT2D eigenvalue weighted by molar-refractivity contribution is 7.92. The largest absolute Gasteiger partial charge is 0.478 e. The van der Waals surface area contributed by atoms with Gasteiger partial charge in [-0.05, 0) is 48.9 Å². The summed E-state index contributed by atoms with van der Waals surface area (Å²) in [5, 5.41) is 2.66. The number of benzene rings is 2. The van der Waals surface area contributed by atoms with Gasteiger partial charge in [0.25, 0.3) is 5.91 Å². The van der Waals surface area contributed by atoms with E-state index in [1.54, 1.807) is 18.2 Å². The van der Waals surface area contributed by atoms with Gasteiger partial charge in [0, 0.05) is 18.7 Å². The fraction of sp³-hybridized carbons (Fsp3) is 0.278. The molecule has 1 N–H and O–H groups in total. The van der Waals surface area contributed by atoms with Crippen LogP contribution in [0.25, 0.3) is 0 Å². The summed E-state index contributed by atoms with van der Waals surface area (Å²) in [4.78, 5) is 12.5. The summed E-state index contributed by atoms with van der Waals surface area (Å²) in [5.41, 5.74) is 1.74. The van der Waals surface area contributed by atoms with Gasteiger partial charge in [-0.15, -0.1) is 0 Å². The molecule has 0 radical (unpaired) electrons. The molecule has 0 unspecified atom stereocenters. The Labute approximate surface area is 151 Å². The van der Waals surface area contributed by atoms with Gasteiger partial charge in [0.2, 0.25) is 10.0 Å². The SMILES string of the molecule is Cc1ccc2c(c1)N(S(C)(=O)=O)CC[C@H](C(=O)Nc1ccc(F)cc1)O2. The van der Waals surface area contributed by atoms with E-state index in [2.05, 4.69) is 5.32 Å². The molecule has 0 bridgehead atoms. The number of fused-ring (bicyclic) bond motifs is 1. The number of amides is 1. The zero-order chi connectivity index (χ0) is 18.9. The first-order valence-electron chi connectivity index (χ1n) is 8.05. The van der Waals surface area contributed by atoms with Crippen LogP contribution in [0.15, 0.2) is 42.5 Å². The monoisotopic (exact) mass is 378 g/mol. The predicted molar refractivity (Wildman–Crippen MR) is 97.4 cm³/mol. The number of anilines is 2. The van der Waals surface area contributed by atoms with Gasteiger partial charge in [0.1, 0.15) is 11.6 Å². The molecule has 138 valence electrons.